The van der Waals surface area contributed by atoms with Crippen molar-refractivity contribution >= 4 is 11.3 Å². The van der Waals surface area contributed by atoms with E-state index in [9.17, 15) is 0 Å². The topological polar surface area (TPSA) is 32.3 Å². The van der Waals surface area contributed by atoms with E-state index in [1.807, 2.05) is 18.5 Å². The van der Waals surface area contributed by atoms with Gasteiger partial charge in [-0.3, -0.25) is 4.90 Å². The van der Waals surface area contributed by atoms with Crippen LogP contribution in [0.1, 0.15) is 38.2 Å². The largest absolute Gasteiger partial charge is 0.300 e. The maximum Gasteiger partial charge on any atom is 0.169 e. The van der Waals surface area contributed by atoms with Crippen molar-refractivity contribution < 1.29 is 0 Å². The minimum Gasteiger partial charge on any atom is -0.300 e. The summed E-state index contributed by atoms with van der Waals surface area (Å²) in [4.78, 5) is 15.5. The standard InChI is InChI=1S/C20H28N4S/c1-16(24-8-2-3-9-24)18-6-10-23(11-7-18)15-17-13-21-20(22-14-17)19-5-4-12-25-19/h4-5,12-14,16,18H,2-3,6-11,15H2,1H3/t16-/m1/s1. The molecular weight excluding hydrogens is 328 g/mol. The first-order valence-electron chi connectivity index (χ1n) is 9.61. The molecule has 0 unspecified atom stereocenters. The molecule has 2 aromatic heterocycles. The quantitative estimate of drug-likeness (QED) is 0.813. The highest BCUT2D eigenvalue weighted by atomic mass is 32.1. The molecule has 0 amide bonds. The molecule has 0 aromatic carbocycles. The van der Waals surface area contributed by atoms with Crippen molar-refractivity contribution in [2.45, 2.75) is 45.2 Å². The summed E-state index contributed by atoms with van der Waals surface area (Å²) in [5.74, 6) is 1.71. The van der Waals surface area contributed by atoms with Gasteiger partial charge in [0.25, 0.3) is 0 Å². The number of hydrogen-bond acceptors (Lipinski definition) is 5. The molecule has 0 aliphatic carbocycles. The van der Waals surface area contributed by atoms with Crippen molar-refractivity contribution in [3.05, 3.63) is 35.5 Å². The molecule has 2 saturated heterocycles. The van der Waals surface area contributed by atoms with Crippen LogP contribution in [0.2, 0.25) is 0 Å². The molecule has 0 N–H and O–H groups in total. The van der Waals surface area contributed by atoms with Crippen LogP contribution in [-0.4, -0.2) is 52.0 Å². The third-order valence-electron chi connectivity index (χ3n) is 5.88. The Morgan fingerprint density at radius 1 is 1.12 bits per heavy atom. The first-order valence-corrected chi connectivity index (χ1v) is 10.5. The number of hydrogen-bond donors (Lipinski definition) is 0. The van der Waals surface area contributed by atoms with Gasteiger partial charge in [0, 0.05) is 30.5 Å². The Kier molecular flexibility index (Phi) is 5.44. The molecule has 4 heterocycles. The lowest BCUT2D eigenvalue weighted by Crippen LogP contribution is -2.42. The van der Waals surface area contributed by atoms with E-state index in [0.29, 0.717) is 0 Å². The van der Waals surface area contributed by atoms with E-state index < -0.39 is 0 Å². The molecule has 134 valence electrons. The number of thiophene rings is 1. The molecule has 2 aromatic rings. The second-order valence-corrected chi connectivity index (χ2v) is 8.44. The fourth-order valence-corrected chi connectivity index (χ4v) is 4.94. The number of aromatic nitrogens is 2. The maximum absolute atomic E-state index is 4.55. The smallest absolute Gasteiger partial charge is 0.169 e. The van der Waals surface area contributed by atoms with Gasteiger partial charge in [-0.1, -0.05) is 6.07 Å². The Morgan fingerprint density at radius 3 is 2.48 bits per heavy atom. The number of rotatable bonds is 5. The van der Waals surface area contributed by atoms with Crippen LogP contribution < -0.4 is 0 Å². The van der Waals surface area contributed by atoms with Crippen LogP contribution >= 0.6 is 11.3 Å². The highest BCUT2D eigenvalue weighted by molar-refractivity contribution is 7.13. The van der Waals surface area contributed by atoms with Crippen LogP contribution in [-0.2, 0) is 6.54 Å². The summed E-state index contributed by atoms with van der Waals surface area (Å²) in [5.41, 5.74) is 1.23. The molecule has 0 spiro atoms. The molecular formula is C20H28N4S. The summed E-state index contributed by atoms with van der Waals surface area (Å²) in [7, 11) is 0. The fraction of sp³-hybridized carbons (Fsp3) is 0.600. The summed E-state index contributed by atoms with van der Waals surface area (Å²) in [5, 5.41) is 2.07. The van der Waals surface area contributed by atoms with Crippen LogP contribution in [0.15, 0.2) is 29.9 Å². The van der Waals surface area contributed by atoms with Gasteiger partial charge in [0.1, 0.15) is 0 Å². The zero-order chi connectivity index (χ0) is 17.1. The summed E-state index contributed by atoms with van der Waals surface area (Å²) < 4.78 is 0. The van der Waals surface area contributed by atoms with Crippen molar-refractivity contribution in [3.8, 4) is 10.7 Å². The predicted octanol–water partition coefficient (Wildman–Crippen LogP) is 3.90. The highest BCUT2D eigenvalue weighted by Crippen LogP contribution is 2.27. The SMILES string of the molecule is C[C@H](C1CCN(Cc2cnc(-c3cccs3)nc2)CC1)N1CCCC1. The van der Waals surface area contributed by atoms with Crippen molar-refractivity contribution in [1.82, 2.24) is 19.8 Å². The van der Waals surface area contributed by atoms with Crippen LogP contribution in [0.4, 0.5) is 0 Å². The molecule has 0 bridgehead atoms. The zero-order valence-corrected chi connectivity index (χ0v) is 15.9. The third kappa shape index (κ3) is 4.10. The summed E-state index contributed by atoms with van der Waals surface area (Å²) >= 11 is 1.69. The Labute approximate surface area is 154 Å². The van der Waals surface area contributed by atoms with E-state index in [4.69, 9.17) is 0 Å². The Morgan fingerprint density at radius 2 is 1.84 bits per heavy atom. The van der Waals surface area contributed by atoms with E-state index in [1.165, 1.54) is 57.4 Å². The lowest BCUT2D eigenvalue weighted by Gasteiger charge is -2.38. The number of likely N-dealkylation sites (tertiary alicyclic amines) is 2. The van der Waals surface area contributed by atoms with Crippen molar-refractivity contribution in [2.75, 3.05) is 26.2 Å². The van der Waals surface area contributed by atoms with E-state index in [1.54, 1.807) is 11.3 Å². The Bertz CT molecular complexity index is 641. The molecule has 2 aliphatic heterocycles. The summed E-state index contributed by atoms with van der Waals surface area (Å²) in [6.45, 7) is 8.47. The molecule has 4 rings (SSSR count). The predicted molar refractivity (Wildman–Crippen MR) is 104 cm³/mol. The van der Waals surface area contributed by atoms with Crippen LogP contribution in [0, 0.1) is 5.92 Å². The highest BCUT2D eigenvalue weighted by Gasteiger charge is 2.28. The van der Waals surface area contributed by atoms with Gasteiger partial charge in [-0.05, 0) is 76.2 Å². The molecule has 0 radical (unpaired) electrons. The molecule has 2 fully saturated rings. The molecule has 1 atom stereocenters. The van der Waals surface area contributed by atoms with Crippen LogP contribution in [0.3, 0.4) is 0 Å². The molecule has 2 aliphatic rings. The van der Waals surface area contributed by atoms with Gasteiger partial charge in [0.15, 0.2) is 5.82 Å². The second-order valence-electron chi connectivity index (χ2n) is 7.49. The number of piperidine rings is 1. The van der Waals surface area contributed by atoms with Gasteiger partial charge in [-0.15, -0.1) is 11.3 Å². The van der Waals surface area contributed by atoms with Crippen molar-refractivity contribution in [1.29, 1.82) is 0 Å². The lowest BCUT2D eigenvalue weighted by atomic mass is 9.89. The van der Waals surface area contributed by atoms with Gasteiger partial charge in [-0.2, -0.15) is 0 Å². The van der Waals surface area contributed by atoms with Gasteiger partial charge in [0.05, 0.1) is 4.88 Å². The zero-order valence-electron chi connectivity index (χ0n) is 15.1. The monoisotopic (exact) mass is 356 g/mol. The molecule has 5 heteroatoms. The van der Waals surface area contributed by atoms with Crippen molar-refractivity contribution in [2.24, 2.45) is 5.92 Å². The number of nitrogens with zero attached hydrogens (tertiary/aromatic N) is 4. The Hall–Kier alpha value is -1.30. The van der Waals surface area contributed by atoms with Crippen LogP contribution in [0.5, 0.6) is 0 Å². The minimum absolute atomic E-state index is 0.762. The average Bonchev–Trinajstić information content (AvgIpc) is 3.36. The normalized spacial score (nSPS) is 21.6. The van der Waals surface area contributed by atoms with E-state index in [0.717, 1.165) is 29.2 Å². The van der Waals surface area contributed by atoms with E-state index >= 15 is 0 Å². The van der Waals surface area contributed by atoms with Gasteiger partial charge in [-0.25, -0.2) is 9.97 Å². The van der Waals surface area contributed by atoms with Gasteiger partial charge in [0.2, 0.25) is 0 Å². The van der Waals surface area contributed by atoms with E-state index in [2.05, 4.69) is 38.1 Å². The van der Waals surface area contributed by atoms with Crippen LogP contribution in [0.25, 0.3) is 10.7 Å². The van der Waals surface area contributed by atoms with Crippen molar-refractivity contribution in [3.63, 3.8) is 0 Å². The van der Waals surface area contributed by atoms with E-state index in [-0.39, 0.29) is 0 Å². The molecule has 25 heavy (non-hydrogen) atoms. The Balaban J connectivity index is 1.28. The summed E-state index contributed by atoms with van der Waals surface area (Å²) in [6.07, 6.45) is 9.44. The lowest BCUT2D eigenvalue weighted by molar-refractivity contribution is 0.108. The summed E-state index contributed by atoms with van der Waals surface area (Å²) in [6, 6.07) is 4.88. The molecule has 0 saturated carbocycles. The first-order chi connectivity index (χ1) is 12.3. The van der Waals surface area contributed by atoms with Gasteiger partial charge < -0.3 is 4.90 Å². The second kappa shape index (κ2) is 7.94. The fourth-order valence-electron chi connectivity index (χ4n) is 4.27. The molecule has 4 nitrogen and oxygen atoms in total. The average molecular weight is 357 g/mol. The first kappa shape index (κ1) is 17.1. The minimum atomic E-state index is 0.762. The van der Waals surface area contributed by atoms with Gasteiger partial charge >= 0.3 is 0 Å². The maximum atomic E-state index is 4.55. The third-order valence-corrected chi connectivity index (χ3v) is 6.75.